The van der Waals surface area contributed by atoms with Crippen LogP contribution >= 0.6 is 0 Å². The van der Waals surface area contributed by atoms with Crippen LogP contribution in [0.4, 0.5) is 15.8 Å². The summed E-state index contributed by atoms with van der Waals surface area (Å²) in [5, 5.41) is 9.24. The molecule has 0 unspecified atom stereocenters. The molecule has 0 fully saturated rings. The van der Waals surface area contributed by atoms with Crippen LogP contribution in [-0.4, -0.2) is 21.6 Å². The second kappa shape index (κ2) is 8.09. The average Bonchev–Trinajstić information content (AvgIpc) is 3.12. The van der Waals surface area contributed by atoms with Crippen molar-refractivity contribution in [2.45, 2.75) is 6.92 Å². The number of nitrogens with zero attached hydrogens (tertiary/aromatic N) is 2. The predicted octanol–water partition coefficient (Wildman–Crippen LogP) is 3.62. The summed E-state index contributed by atoms with van der Waals surface area (Å²) in [4.78, 5) is 23.2. The van der Waals surface area contributed by atoms with Gasteiger partial charge in [0.25, 0.3) is 0 Å². The minimum atomic E-state index is -0.577. The predicted molar refractivity (Wildman–Crippen MR) is 102 cm³/mol. The number of nitrogens with one attached hydrogen (secondary N) is 2. The lowest BCUT2D eigenvalue weighted by atomic mass is 10.2. The fourth-order valence-corrected chi connectivity index (χ4v) is 2.39. The molecule has 136 valence electrons. The maximum Gasteiger partial charge on any atom is 0.248 e. The molecule has 1 heterocycles. The maximum absolute atomic E-state index is 13.6. The minimum Gasteiger partial charge on any atom is -0.324 e. The minimum absolute atomic E-state index is 0.00779. The number of hydrogen-bond acceptors (Lipinski definition) is 3. The van der Waals surface area contributed by atoms with Gasteiger partial charge >= 0.3 is 0 Å². The summed E-state index contributed by atoms with van der Waals surface area (Å²) in [5.74, 6) is -1.36. The molecule has 2 aromatic carbocycles. The zero-order chi connectivity index (χ0) is 19.2. The lowest BCUT2D eigenvalue weighted by Crippen LogP contribution is -2.10. The van der Waals surface area contributed by atoms with Gasteiger partial charge < -0.3 is 10.6 Å². The van der Waals surface area contributed by atoms with Gasteiger partial charge in [-0.15, -0.1) is 0 Å². The molecule has 0 aliphatic rings. The van der Waals surface area contributed by atoms with Gasteiger partial charge in [0, 0.05) is 30.4 Å². The van der Waals surface area contributed by atoms with Gasteiger partial charge in [-0.25, -0.2) is 9.07 Å². The SMILES string of the molecule is CC(=O)Nc1cc(NC(=O)/C=C/c2cnn(-c3ccccc3)c2)ccc1F. The van der Waals surface area contributed by atoms with E-state index in [4.69, 9.17) is 0 Å². The summed E-state index contributed by atoms with van der Waals surface area (Å²) in [6.07, 6.45) is 6.42. The summed E-state index contributed by atoms with van der Waals surface area (Å²) >= 11 is 0. The van der Waals surface area contributed by atoms with Crippen molar-refractivity contribution in [2.75, 3.05) is 10.6 Å². The summed E-state index contributed by atoms with van der Waals surface area (Å²) in [5.41, 5.74) is 2.05. The summed E-state index contributed by atoms with van der Waals surface area (Å²) in [7, 11) is 0. The Morgan fingerprint density at radius 1 is 1.11 bits per heavy atom. The smallest absolute Gasteiger partial charge is 0.248 e. The third kappa shape index (κ3) is 4.88. The second-order valence-corrected chi connectivity index (χ2v) is 5.75. The number of carbonyl (C=O) groups excluding carboxylic acids is 2. The third-order valence-electron chi connectivity index (χ3n) is 3.60. The maximum atomic E-state index is 13.6. The highest BCUT2D eigenvalue weighted by Crippen LogP contribution is 2.19. The van der Waals surface area contributed by atoms with Crippen molar-refractivity contribution in [3.63, 3.8) is 0 Å². The van der Waals surface area contributed by atoms with Gasteiger partial charge in [0.1, 0.15) is 5.82 Å². The highest BCUT2D eigenvalue weighted by Gasteiger charge is 2.06. The van der Waals surface area contributed by atoms with Crippen molar-refractivity contribution < 1.29 is 14.0 Å². The fraction of sp³-hybridized carbons (Fsp3) is 0.0500. The molecule has 27 heavy (non-hydrogen) atoms. The van der Waals surface area contributed by atoms with Crippen molar-refractivity contribution in [3.05, 3.63) is 78.4 Å². The van der Waals surface area contributed by atoms with Crippen LogP contribution in [-0.2, 0) is 9.59 Å². The molecule has 2 amide bonds. The molecule has 0 atom stereocenters. The van der Waals surface area contributed by atoms with Gasteiger partial charge in [-0.1, -0.05) is 18.2 Å². The number of amides is 2. The van der Waals surface area contributed by atoms with E-state index in [2.05, 4.69) is 15.7 Å². The first-order chi connectivity index (χ1) is 13.0. The van der Waals surface area contributed by atoms with Gasteiger partial charge in [0.2, 0.25) is 11.8 Å². The van der Waals surface area contributed by atoms with E-state index in [1.807, 2.05) is 30.3 Å². The van der Waals surface area contributed by atoms with Gasteiger partial charge in [0.15, 0.2) is 0 Å². The molecule has 0 saturated heterocycles. The van der Waals surface area contributed by atoms with E-state index in [1.165, 1.54) is 31.2 Å². The topological polar surface area (TPSA) is 76.0 Å². The number of para-hydroxylation sites is 1. The number of aromatic nitrogens is 2. The first-order valence-corrected chi connectivity index (χ1v) is 8.17. The monoisotopic (exact) mass is 364 g/mol. The molecule has 0 aliphatic heterocycles. The van der Waals surface area contributed by atoms with Crippen LogP contribution in [0.3, 0.4) is 0 Å². The van der Waals surface area contributed by atoms with Crippen LogP contribution in [0.1, 0.15) is 12.5 Å². The van der Waals surface area contributed by atoms with E-state index < -0.39 is 11.7 Å². The Morgan fingerprint density at radius 3 is 2.63 bits per heavy atom. The Bertz CT molecular complexity index is 996. The van der Waals surface area contributed by atoms with Crippen molar-refractivity contribution in [1.29, 1.82) is 0 Å². The Kier molecular flexibility index (Phi) is 5.41. The summed E-state index contributed by atoms with van der Waals surface area (Å²) in [6.45, 7) is 1.28. The fourth-order valence-electron chi connectivity index (χ4n) is 2.39. The Labute approximate surface area is 155 Å². The van der Waals surface area contributed by atoms with Gasteiger partial charge in [0.05, 0.1) is 17.6 Å². The number of anilines is 2. The molecule has 1 aromatic heterocycles. The van der Waals surface area contributed by atoms with Crippen LogP contribution in [0.2, 0.25) is 0 Å². The van der Waals surface area contributed by atoms with E-state index in [-0.39, 0.29) is 11.6 Å². The molecular weight excluding hydrogens is 347 g/mol. The number of carbonyl (C=O) groups is 2. The molecule has 0 aliphatic carbocycles. The summed E-state index contributed by atoms with van der Waals surface area (Å²) < 4.78 is 15.3. The van der Waals surface area contributed by atoms with Crippen LogP contribution in [0.15, 0.2) is 67.0 Å². The second-order valence-electron chi connectivity index (χ2n) is 5.75. The van der Waals surface area contributed by atoms with Crippen LogP contribution in [0.5, 0.6) is 0 Å². The number of benzene rings is 2. The van der Waals surface area contributed by atoms with Gasteiger partial charge in [-0.2, -0.15) is 5.10 Å². The Morgan fingerprint density at radius 2 is 1.89 bits per heavy atom. The van der Waals surface area contributed by atoms with Crippen molar-refractivity contribution in [2.24, 2.45) is 0 Å². The zero-order valence-electron chi connectivity index (χ0n) is 14.5. The molecule has 0 spiro atoms. The molecular formula is C20H17FN4O2. The lowest BCUT2D eigenvalue weighted by Gasteiger charge is -2.07. The van der Waals surface area contributed by atoms with E-state index in [0.717, 1.165) is 11.3 Å². The van der Waals surface area contributed by atoms with E-state index in [9.17, 15) is 14.0 Å². The van der Waals surface area contributed by atoms with E-state index in [0.29, 0.717) is 5.69 Å². The molecule has 0 bridgehead atoms. The Balaban J connectivity index is 1.66. The molecule has 0 radical (unpaired) electrons. The molecule has 0 saturated carbocycles. The van der Waals surface area contributed by atoms with Crippen LogP contribution in [0.25, 0.3) is 11.8 Å². The quantitative estimate of drug-likeness (QED) is 0.679. The zero-order valence-corrected chi connectivity index (χ0v) is 14.5. The van der Waals surface area contributed by atoms with Gasteiger partial charge in [-0.05, 0) is 36.4 Å². The molecule has 3 aromatic rings. The summed E-state index contributed by atoms with van der Waals surface area (Å²) in [6, 6.07) is 13.5. The lowest BCUT2D eigenvalue weighted by molar-refractivity contribution is -0.114. The first-order valence-electron chi connectivity index (χ1n) is 8.17. The highest BCUT2D eigenvalue weighted by molar-refractivity contribution is 6.02. The van der Waals surface area contributed by atoms with Crippen molar-refractivity contribution in [3.8, 4) is 5.69 Å². The van der Waals surface area contributed by atoms with Gasteiger partial charge in [-0.3, -0.25) is 9.59 Å². The van der Waals surface area contributed by atoms with Crippen LogP contribution in [0, 0.1) is 5.82 Å². The molecule has 6 nitrogen and oxygen atoms in total. The normalized spacial score (nSPS) is 10.7. The first kappa shape index (κ1) is 18.1. The molecule has 2 N–H and O–H groups in total. The van der Waals surface area contributed by atoms with E-state index >= 15 is 0 Å². The standard InChI is InChI=1S/C20H17FN4O2/c1-14(26)23-19-11-16(8-9-18(19)21)24-20(27)10-7-15-12-22-25(13-15)17-5-3-2-4-6-17/h2-13H,1H3,(H,23,26)(H,24,27)/b10-7+. The van der Waals surface area contributed by atoms with Crippen LogP contribution < -0.4 is 10.6 Å². The number of halogens is 1. The number of rotatable bonds is 5. The third-order valence-corrected chi connectivity index (χ3v) is 3.60. The highest BCUT2D eigenvalue weighted by atomic mass is 19.1. The average molecular weight is 364 g/mol. The molecule has 3 rings (SSSR count). The van der Waals surface area contributed by atoms with Crippen molar-refractivity contribution in [1.82, 2.24) is 9.78 Å². The van der Waals surface area contributed by atoms with Crippen molar-refractivity contribution >= 4 is 29.3 Å². The van der Waals surface area contributed by atoms with E-state index in [1.54, 1.807) is 23.2 Å². The largest absolute Gasteiger partial charge is 0.324 e. The number of hydrogen-bond donors (Lipinski definition) is 2. The Hall–Kier alpha value is -3.74. The molecule has 7 heteroatoms.